The number of aliphatic carboxylic acids is 1. The van der Waals surface area contributed by atoms with Crippen LogP contribution in [0.25, 0.3) is 11.1 Å². The first-order valence-corrected chi connectivity index (χ1v) is 11.7. The summed E-state index contributed by atoms with van der Waals surface area (Å²) in [6, 6.07) is 22.8. The van der Waals surface area contributed by atoms with Gasteiger partial charge in [0.1, 0.15) is 6.61 Å². The lowest BCUT2D eigenvalue weighted by Crippen LogP contribution is -2.54. The second-order valence-corrected chi connectivity index (χ2v) is 9.19. The smallest absolute Gasteiger partial charge is 0.411 e. The summed E-state index contributed by atoms with van der Waals surface area (Å²) in [7, 11) is 0. The maximum atomic E-state index is 12.8. The molecule has 1 fully saturated rings. The number of hydrogen-bond acceptors (Lipinski definition) is 4. The van der Waals surface area contributed by atoms with Crippen LogP contribution < -0.4 is 10.6 Å². The Hall–Kier alpha value is -4.13. The normalized spacial score (nSPS) is 15.3. The summed E-state index contributed by atoms with van der Waals surface area (Å²) < 4.78 is 5.58. The second-order valence-electron chi connectivity index (χ2n) is 9.19. The van der Waals surface area contributed by atoms with Gasteiger partial charge in [0.05, 0.1) is 12.0 Å². The van der Waals surface area contributed by atoms with Crippen molar-refractivity contribution < 1.29 is 24.2 Å². The van der Waals surface area contributed by atoms with Gasteiger partial charge in [0.15, 0.2) is 0 Å². The van der Waals surface area contributed by atoms with Crippen molar-refractivity contribution in [1.29, 1.82) is 0 Å². The van der Waals surface area contributed by atoms with Crippen LogP contribution in [0.3, 0.4) is 0 Å². The van der Waals surface area contributed by atoms with Crippen LogP contribution in [0.15, 0.2) is 72.8 Å². The van der Waals surface area contributed by atoms with Crippen molar-refractivity contribution in [3.05, 3.63) is 89.5 Å². The van der Waals surface area contributed by atoms with Gasteiger partial charge in [0, 0.05) is 17.2 Å². The minimum Gasteiger partial charge on any atom is -0.481 e. The van der Waals surface area contributed by atoms with Crippen LogP contribution in [0.1, 0.15) is 53.1 Å². The lowest BCUT2D eigenvalue weighted by molar-refractivity contribution is -0.139. The molecule has 0 saturated heterocycles. The van der Waals surface area contributed by atoms with Crippen LogP contribution in [0.5, 0.6) is 0 Å². The first-order valence-electron chi connectivity index (χ1n) is 11.7. The lowest BCUT2D eigenvalue weighted by Gasteiger charge is -2.41. The van der Waals surface area contributed by atoms with E-state index in [0.29, 0.717) is 24.1 Å². The monoisotopic (exact) mass is 470 g/mol. The fraction of sp³-hybridized carbons (Fsp3) is 0.250. The number of fused-ring (bicyclic) bond motifs is 3. The molecule has 0 radical (unpaired) electrons. The number of benzene rings is 3. The molecule has 0 heterocycles. The van der Waals surface area contributed by atoms with Crippen LogP contribution in [-0.2, 0) is 9.53 Å². The third-order valence-electron chi connectivity index (χ3n) is 6.89. The van der Waals surface area contributed by atoms with E-state index in [4.69, 9.17) is 9.84 Å². The molecule has 3 N–H and O–H groups in total. The van der Waals surface area contributed by atoms with Crippen molar-refractivity contribution >= 4 is 23.7 Å². The highest BCUT2D eigenvalue weighted by Gasteiger charge is 2.40. The number of carbonyl (C=O) groups excluding carboxylic acids is 2. The Bertz CT molecular complexity index is 1250. The fourth-order valence-corrected chi connectivity index (χ4v) is 5.04. The zero-order valence-electron chi connectivity index (χ0n) is 19.1. The number of ether oxygens (including phenoxy) is 1. The minimum absolute atomic E-state index is 0.0434. The summed E-state index contributed by atoms with van der Waals surface area (Å²) in [5, 5.41) is 14.7. The molecule has 5 rings (SSSR count). The van der Waals surface area contributed by atoms with Crippen LogP contribution in [0.2, 0.25) is 0 Å². The average molecular weight is 471 g/mol. The maximum absolute atomic E-state index is 12.8. The molecule has 178 valence electrons. The van der Waals surface area contributed by atoms with Crippen molar-refractivity contribution in [3.8, 4) is 11.1 Å². The third kappa shape index (κ3) is 4.62. The fourth-order valence-electron chi connectivity index (χ4n) is 5.04. The van der Waals surface area contributed by atoms with Gasteiger partial charge in [-0.05, 0) is 59.7 Å². The molecule has 1 saturated carbocycles. The predicted molar refractivity (Wildman–Crippen MR) is 131 cm³/mol. The predicted octanol–water partition coefficient (Wildman–Crippen LogP) is 5.17. The topological polar surface area (TPSA) is 105 Å². The van der Waals surface area contributed by atoms with Gasteiger partial charge in [-0.2, -0.15) is 0 Å². The summed E-state index contributed by atoms with van der Waals surface area (Å²) in [6.45, 7) is 0.192. The van der Waals surface area contributed by atoms with Crippen molar-refractivity contribution in [1.82, 2.24) is 5.32 Å². The van der Waals surface area contributed by atoms with Gasteiger partial charge in [0.2, 0.25) is 0 Å². The molecule has 0 unspecified atom stereocenters. The highest BCUT2D eigenvalue weighted by Crippen LogP contribution is 2.44. The summed E-state index contributed by atoms with van der Waals surface area (Å²) in [4.78, 5) is 36.5. The summed E-state index contributed by atoms with van der Waals surface area (Å²) >= 11 is 0. The molecule has 2 amide bonds. The molecular formula is C28H26N2O5. The Morgan fingerprint density at radius 1 is 0.914 bits per heavy atom. The number of amides is 2. The molecule has 0 aliphatic heterocycles. The highest BCUT2D eigenvalue weighted by molar-refractivity contribution is 5.97. The van der Waals surface area contributed by atoms with Crippen molar-refractivity contribution in [3.63, 3.8) is 0 Å². The quantitative estimate of drug-likeness (QED) is 0.442. The molecule has 0 spiro atoms. The van der Waals surface area contributed by atoms with E-state index >= 15 is 0 Å². The van der Waals surface area contributed by atoms with Gasteiger partial charge in [0.25, 0.3) is 5.91 Å². The van der Waals surface area contributed by atoms with Crippen LogP contribution in [0, 0.1) is 0 Å². The summed E-state index contributed by atoms with van der Waals surface area (Å²) in [6.07, 6.45) is 1.46. The number of anilines is 1. The first-order chi connectivity index (χ1) is 16.9. The molecule has 0 atom stereocenters. The van der Waals surface area contributed by atoms with E-state index in [1.807, 2.05) is 24.3 Å². The Kier molecular flexibility index (Phi) is 5.99. The Balaban J connectivity index is 1.22. The Morgan fingerprint density at radius 2 is 1.57 bits per heavy atom. The van der Waals surface area contributed by atoms with Crippen LogP contribution >= 0.6 is 0 Å². The molecule has 3 aromatic carbocycles. The Morgan fingerprint density at radius 3 is 2.17 bits per heavy atom. The molecule has 7 nitrogen and oxygen atoms in total. The molecule has 7 heteroatoms. The van der Waals surface area contributed by atoms with Gasteiger partial charge in [-0.1, -0.05) is 54.6 Å². The zero-order chi connectivity index (χ0) is 24.4. The number of carbonyl (C=O) groups is 3. The second kappa shape index (κ2) is 9.25. The summed E-state index contributed by atoms with van der Waals surface area (Å²) in [5.41, 5.74) is 4.65. The van der Waals surface area contributed by atoms with Crippen molar-refractivity contribution in [2.75, 3.05) is 11.9 Å². The first kappa shape index (κ1) is 22.7. The third-order valence-corrected chi connectivity index (χ3v) is 6.89. The van der Waals surface area contributed by atoms with E-state index in [2.05, 4.69) is 34.9 Å². The zero-order valence-corrected chi connectivity index (χ0v) is 19.1. The van der Waals surface area contributed by atoms with Gasteiger partial charge in [-0.15, -0.1) is 0 Å². The van der Waals surface area contributed by atoms with E-state index in [9.17, 15) is 14.4 Å². The highest BCUT2D eigenvalue weighted by atomic mass is 16.5. The summed E-state index contributed by atoms with van der Waals surface area (Å²) in [5.74, 6) is -1.34. The SMILES string of the molecule is O=C(O)CC1(NC(=O)c2cccc(NC(=O)OCC3c4ccccc4-c4ccccc43)c2)CCC1. The van der Waals surface area contributed by atoms with Gasteiger partial charge in [-0.3, -0.25) is 14.9 Å². The number of carboxylic acids is 1. The molecule has 0 aromatic heterocycles. The van der Waals surface area contributed by atoms with E-state index < -0.39 is 17.6 Å². The molecular weight excluding hydrogens is 444 g/mol. The number of carboxylic acid groups (broad SMARTS) is 1. The largest absolute Gasteiger partial charge is 0.481 e. The minimum atomic E-state index is -0.935. The number of rotatable bonds is 7. The van der Waals surface area contributed by atoms with Gasteiger partial charge < -0.3 is 15.2 Å². The average Bonchev–Trinajstić information content (AvgIpc) is 3.15. The molecule has 2 aliphatic rings. The van der Waals surface area contributed by atoms with Crippen LogP contribution in [-0.4, -0.2) is 35.2 Å². The molecule has 2 aliphatic carbocycles. The molecule has 35 heavy (non-hydrogen) atoms. The lowest BCUT2D eigenvalue weighted by atomic mass is 9.74. The number of hydrogen-bond donors (Lipinski definition) is 3. The Labute approximate surface area is 203 Å². The van der Waals surface area contributed by atoms with Gasteiger partial charge in [-0.25, -0.2) is 4.79 Å². The molecule has 0 bridgehead atoms. The standard InChI is InChI=1S/C28H26N2O5/c31-25(32)16-28(13-6-14-28)30-26(33)18-7-5-8-19(15-18)29-27(34)35-17-24-22-11-3-1-9-20(22)21-10-2-4-12-23(21)24/h1-5,7-12,15,24H,6,13-14,16-17H2,(H,29,34)(H,30,33)(H,31,32). The van der Waals surface area contributed by atoms with E-state index in [1.165, 1.54) is 0 Å². The molecule has 3 aromatic rings. The van der Waals surface area contributed by atoms with Crippen molar-refractivity contribution in [2.45, 2.75) is 37.1 Å². The van der Waals surface area contributed by atoms with E-state index in [-0.39, 0.29) is 24.9 Å². The number of nitrogens with one attached hydrogen (secondary N) is 2. The maximum Gasteiger partial charge on any atom is 0.411 e. The van der Waals surface area contributed by atoms with Crippen LogP contribution in [0.4, 0.5) is 10.5 Å². The van der Waals surface area contributed by atoms with E-state index in [1.54, 1.807) is 24.3 Å². The van der Waals surface area contributed by atoms with E-state index in [0.717, 1.165) is 28.7 Å². The van der Waals surface area contributed by atoms with Gasteiger partial charge >= 0.3 is 12.1 Å². The van der Waals surface area contributed by atoms with Crippen molar-refractivity contribution in [2.24, 2.45) is 0 Å².